The molecule has 0 aliphatic rings. The molecule has 1 rings (SSSR count). The predicted octanol–water partition coefficient (Wildman–Crippen LogP) is 1.61. The van der Waals surface area contributed by atoms with Gasteiger partial charge in [0.2, 0.25) is 0 Å². The quantitative estimate of drug-likeness (QED) is 0.827. The molecule has 0 spiro atoms. The average molecular weight is 225 g/mol. The van der Waals surface area contributed by atoms with Crippen LogP contribution < -0.4 is 5.32 Å². The highest BCUT2D eigenvalue weighted by Crippen LogP contribution is 2.19. The van der Waals surface area contributed by atoms with Gasteiger partial charge in [0, 0.05) is 12.6 Å². The summed E-state index contributed by atoms with van der Waals surface area (Å²) in [6.07, 6.45) is 1.08. The Hall–Kier alpha value is -0.970. The van der Waals surface area contributed by atoms with E-state index in [4.69, 9.17) is 0 Å². The first-order valence-electron chi connectivity index (χ1n) is 5.87. The summed E-state index contributed by atoms with van der Waals surface area (Å²) in [5.74, 6) is 0.915. The standard InChI is InChI=1S/C11H23N5/c1-9(2)12-8-10-13-14-15-16(10)7-6-11(3,4)5/h9,12H,6-8H2,1-5H3. The zero-order valence-electron chi connectivity index (χ0n) is 11.0. The number of hydrogen-bond donors (Lipinski definition) is 1. The average Bonchev–Trinajstić information content (AvgIpc) is 2.57. The van der Waals surface area contributed by atoms with E-state index in [1.807, 2.05) is 4.68 Å². The van der Waals surface area contributed by atoms with Crippen LogP contribution in [0.2, 0.25) is 0 Å². The molecule has 0 saturated carbocycles. The Morgan fingerprint density at radius 2 is 2.00 bits per heavy atom. The third-order valence-corrected chi connectivity index (χ3v) is 2.35. The van der Waals surface area contributed by atoms with E-state index in [2.05, 4.69) is 55.5 Å². The maximum atomic E-state index is 4.03. The third kappa shape index (κ3) is 4.70. The van der Waals surface area contributed by atoms with Crippen molar-refractivity contribution in [3.8, 4) is 0 Å². The van der Waals surface area contributed by atoms with E-state index in [9.17, 15) is 0 Å². The highest BCUT2D eigenvalue weighted by Gasteiger charge is 2.13. The largest absolute Gasteiger partial charge is 0.308 e. The van der Waals surface area contributed by atoms with E-state index in [0.29, 0.717) is 11.5 Å². The van der Waals surface area contributed by atoms with Crippen molar-refractivity contribution in [2.75, 3.05) is 0 Å². The van der Waals surface area contributed by atoms with Crippen LogP contribution in [-0.4, -0.2) is 26.2 Å². The number of hydrogen-bond acceptors (Lipinski definition) is 4. The van der Waals surface area contributed by atoms with Crippen molar-refractivity contribution >= 4 is 0 Å². The van der Waals surface area contributed by atoms with Crippen molar-refractivity contribution < 1.29 is 0 Å². The Balaban J connectivity index is 2.50. The van der Waals surface area contributed by atoms with Gasteiger partial charge in [-0.1, -0.05) is 34.6 Å². The summed E-state index contributed by atoms with van der Waals surface area (Å²) in [4.78, 5) is 0. The van der Waals surface area contributed by atoms with Gasteiger partial charge in [0.05, 0.1) is 6.54 Å². The van der Waals surface area contributed by atoms with Crippen molar-refractivity contribution in [3.05, 3.63) is 5.82 Å². The molecule has 1 aromatic heterocycles. The van der Waals surface area contributed by atoms with E-state index >= 15 is 0 Å². The number of nitrogens with one attached hydrogen (secondary N) is 1. The lowest BCUT2D eigenvalue weighted by molar-refractivity contribution is 0.334. The summed E-state index contributed by atoms with van der Waals surface area (Å²) in [7, 11) is 0. The van der Waals surface area contributed by atoms with Crippen LogP contribution in [-0.2, 0) is 13.1 Å². The minimum Gasteiger partial charge on any atom is -0.308 e. The maximum Gasteiger partial charge on any atom is 0.165 e. The van der Waals surface area contributed by atoms with Crippen molar-refractivity contribution in [2.45, 2.75) is 60.2 Å². The molecule has 0 aromatic carbocycles. The fraction of sp³-hybridized carbons (Fsp3) is 0.909. The lowest BCUT2D eigenvalue weighted by atomic mass is 9.92. The van der Waals surface area contributed by atoms with E-state index in [-0.39, 0.29) is 0 Å². The van der Waals surface area contributed by atoms with Gasteiger partial charge in [0.25, 0.3) is 0 Å². The Kier molecular flexibility index (Phi) is 4.41. The van der Waals surface area contributed by atoms with E-state index in [1.54, 1.807) is 0 Å². The fourth-order valence-corrected chi connectivity index (χ4v) is 1.26. The van der Waals surface area contributed by atoms with Crippen LogP contribution in [0.1, 0.15) is 46.9 Å². The summed E-state index contributed by atoms with van der Waals surface area (Å²) >= 11 is 0. The molecule has 1 aromatic rings. The van der Waals surface area contributed by atoms with E-state index in [1.165, 1.54) is 0 Å². The molecular weight excluding hydrogens is 202 g/mol. The Bertz CT molecular complexity index is 310. The Labute approximate surface area is 97.6 Å². The molecule has 0 aliphatic carbocycles. The van der Waals surface area contributed by atoms with Gasteiger partial charge in [0.1, 0.15) is 0 Å². The molecule has 1 N–H and O–H groups in total. The number of rotatable bonds is 5. The second kappa shape index (κ2) is 5.39. The lowest BCUT2D eigenvalue weighted by Crippen LogP contribution is -2.24. The molecule has 0 fully saturated rings. The first-order chi connectivity index (χ1) is 7.38. The predicted molar refractivity (Wildman–Crippen MR) is 63.9 cm³/mol. The first kappa shape index (κ1) is 13.1. The van der Waals surface area contributed by atoms with Crippen LogP contribution in [0, 0.1) is 5.41 Å². The minimum absolute atomic E-state index is 0.314. The zero-order chi connectivity index (χ0) is 12.2. The maximum absolute atomic E-state index is 4.03. The van der Waals surface area contributed by atoms with Crippen molar-refractivity contribution in [2.24, 2.45) is 5.41 Å². The molecule has 0 bridgehead atoms. The molecule has 0 amide bonds. The van der Waals surface area contributed by atoms with Gasteiger partial charge in [-0.25, -0.2) is 4.68 Å². The van der Waals surface area contributed by atoms with Crippen LogP contribution in [0.5, 0.6) is 0 Å². The zero-order valence-corrected chi connectivity index (χ0v) is 11.0. The number of nitrogens with zero attached hydrogens (tertiary/aromatic N) is 4. The number of aryl methyl sites for hydroxylation is 1. The fourth-order valence-electron chi connectivity index (χ4n) is 1.26. The third-order valence-electron chi connectivity index (χ3n) is 2.35. The first-order valence-corrected chi connectivity index (χ1v) is 5.87. The molecule has 0 unspecified atom stereocenters. The Morgan fingerprint density at radius 1 is 1.31 bits per heavy atom. The van der Waals surface area contributed by atoms with Crippen LogP contribution in [0.15, 0.2) is 0 Å². The topological polar surface area (TPSA) is 55.6 Å². The van der Waals surface area contributed by atoms with Crippen molar-refractivity contribution in [1.29, 1.82) is 0 Å². The van der Waals surface area contributed by atoms with Gasteiger partial charge in [0.15, 0.2) is 5.82 Å². The molecule has 92 valence electrons. The van der Waals surface area contributed by atoms with Crippen LogP contribution in [0.4, 0.5) is 0 Å². The number of tetrazole rings is 1. The van der Waals surface area contributed by atoms with Gasteiger partial charge in [-0.2, -0.15) is 0 Å². The molecule has 1 heterocycles. The van der Waals surface area contributed by atoms with Crippen LogP contribution >= 0.6 is 0 Å². The van der Waals surface area contributed by atoms with Gasteiger partial charge in [-0.05, 0) is 22.3 Å². The summed E-state index contributed by atoms with van der Waals surface area (Å²) in [5, 5.41) is 15.1. The van der Waals surface area contributed by atoms with Crippen molar-refractivity contribution in [1.82, 2.24) is 25.5 Å². The molecular formula is C11H23N5. The van der Waals surface area contributed by atoms with Gasteiger partial charge in [-0.15, -0.1) is 5.10 Å². The smallest absolute Gasteiger partial charge is 0.165 e. The summed E-state index contributed by atoms with van der Waals surface area (Å²) < 4.78 is 1.89. The monoisotopic (exact) mass is 225 g/mol. The number of aromatic nitrogens is 4. The highest BCUT2D eigenvalue weighted by molar-refractivity contribution is 4.81. The minimum atomic E-state index is 0.314. The van der Waals surface area contributed by atoms with Gasteiger partial charge in [-0.3, -0.25) is 0 Å². The molecule has 0 atom stereocenters. The normalized spacial score (nSPS) is 12.4. The highest BCUT2D eigenvalue weighted by atomic mass is 15.5. The molecule has 5 heteroatoms. The van der Waals surface area contributed by atoms with E-state index < -0.39 is 0 Å². The van der Waals surface area contributed by atoms with Crippen molar-refractivity contribution in [3.63, 3.8) is 0 Å². The second-order valence-electron chi connectivity index (χ2n) is 5.66. The lowest BCUT2D eigenvalue weighted by Gasteiger charge is -2.18. The summed E-state index contributed by atoms with van der Waals surface area (Å²) in [6, 6.07) is 0.452. The Morgan fingerprint density at radius 3 is 2.56 bits per heavy atom. The molecule has 0 saturated heterocycles. The van der Waals surface area contributed by atoms with Crippen LogP contribution in [0.25, 0.3) is 0 Å². The van der Waals surface area contributed by atoms with Gasteiger partial charge < -0.3 is 5.32 Å². The molecule has 5 nitrogen and oxygen atoms in total. The molecule has 16 heavy (non-hydrogen) atoms. The summed E-state index contributed by atoms with van der Waals surface area (Å²) in [5.41, 5.74) is 0.314. The van der Waals surface area contributed by atoms with Crippen LogP contribution in [0.3, 0.4) is 0 Å². The summed E-state index contributed by atoms with van der Waals surface area (Å²) in [6.45, 7) is 12.5. The van der Waals surface area contributed by atoms with Gasteiger partial charge >= 0.3 is 0 Å². The molecule has 0 aliphatic heterocycles. The SMILES string of the molecule is CC(C)NCc1nnnn1CCC(C)(C)C. The van der Waals surface area contributed by atoms with E-state index in [0.717, 1.165) is 25.3 Å². The second-order valence-corrected chi connectivity index (χ2v) is 5.66. The molecule has 0 radical (unpaired) electrons.